The molecule has 2 aliphatic carbocycles. The van der Waals surface area contributed by atoms with Crippen LogP contribution in [0.3, 0.4) is 0 Å². The molecule has 4 fully saturated rings. The van der Waals surface area contributed by atoms with Crippen LogP contribution in [0.1, 0.15) is 112 Å². The quantitative estimate of drug-likeness (QED) is 0.0828. The van der Waals surface area contributed by atoms with E-state index >= 15 is 0 Å². The van der Waals surface area contributed by atoms with E-state index in [2.05, 4.69) is 73.1 Å². The normalized spacial score (nSPS) is 21.9. The number of amides is 1. The van der Waals surface area contributed by atoms with Crippen molar-refractivity contribution < 1.29 is 17.9 Å². The number of aromatic amines is 1. The Morgan fingerprint density at radius 2 is 1.77 bits per heavy atom. The van der Waals surface area contributed by atoms with Gasteiger partial charge in [-0.1, -0.05) is 38.1 Å². The van der Waals surface area contributed by atoms with Crippen molar-refractivity contribution in [1.82, 2.24) is 24.6 Å². The highest BCUT2D eigenvalue weighted by atomic mass is 32.2. The number of hydrogen-bond donors (Lipinski definition) is 4. The SMILES string of the molecule is CC(C)c1ccccc1C1CCCN1C1CC2(CCN(c3cc(Oc4cnc5[nH]ccc5c4)c(C(=O)NS(=O)(=O)c4ccc(NCC5CCC(N)CC5)c(N=O)c4)cn3)CC2)C1. The van der Waals surface area contributed by atoms with Crippen LogP contribution in [0.15, 0.2) is 89.3 Å². The van der Waals surface area contributed by atoms with Gasteiger partial charge in [-0.2, -0.15) is 0 Å². The largest absolute Gasteiger partial charge is 0.455 e. The number of carbonyl (C=O) groups is 1. The van der Waals surface area contributed by atoms with Crippen molar-refractivity contribution in [3.8, 4) is 11.5 Å². The molecule has 5 heterocycles. The van der Waals surface area contributed by atoms with Crippen molar-refractivity contribution in [1.29, 1.82) is 0 Å². The fraction of sp³-hybridized carbons (Fsp3) is 0.468. The van der Waals surface area contributed by atoms with Gasteiger partial charge in [-0.05, 0) is 135 Å². The third-order valence-electron chi connectivity index (χ3n) is 14.0. The fourth-order valence-corrected chi connectivity index (χ4v) is 11.4. The van der Waals surface area contributed by atoms with Crippen molar-refractivity contribution in [2.24, 2.45) is 22.2 Å². The number of likely N-dealkylation sites (tertiary alicyclic amines) is 1. The number of H-pyrrole nitrogens is 1. The van der Waals surface area contributed by atoms with Gasteiger partial charge in [0.1, 0.15) is 34.2 Å². The number of nitrogens with two attached hydrogens (primary N) is 1. The number of sulfonamides is 1. The van der Waals surface area contributed by atoms with E-state index < -0.39 is 15.9 Å². The minimum Gasteiger partial charge on any atom is -0.455 e. The average molecular weight is 860 g/mol. The van der Waals surface area contributed by atoms with Crippen molar-refractivity contribution in [3.05, 3.63) is 101 Å². The molecule has 14 nitrogen and oxygen atoms in total. The van der Waals surface area contributed by atoms with Crippen LogP contribution in [0.25, 0.3) is 11.0 Å². The summed E-state index contributed by atoms with van der Waals surface area (Å²) in [6.45, 7) is 7.97. The fourth-order valence-electron chi connectivity index (χ4n) is 10.4. The molecule has 2 saturated heterocycles. The predicted octanol–water partition coefficient (Wildman–Crippen LogP) is 8.91. The minimum atomic E-state index is -4.44. The summed E-state index contributed by atoms with van der Waals surface area (Å²) in [6.07, 6.45) is 15.5. The van der Waals surface area contributed by atoms with Gasteiger partial charge in [0, 0.05) is 61.6 Å². The van der Waals surface area contributed by atoms with E-state index in [1.165, 1.54) is 61.2 Å². The number of piperidine rings is 1. The molecule has 15 heteroatoms. The van der Waals surface area contributed by atoms with Gasteiger partial charge in [-0.25, -0.2) is 23.1 Å². The van der Waals surface area contributed by atoms with Gasteiger partial charge < -0.3 is 25.7 Å². The van der Waals surface area contributed by atoms with Crippen LogP contribution in [-0.4, -0.2) is 72.4 Å². The van der Waals surface area contributed by atoms with E-state index in [1.54, 1.807) is 24.5 Å². The first-order valence-electron chi connectivity index (χ1n) is 22.2. The zero-order valence-corrected chi connectivity index (χ0v) is 36.4. The summed E-state index contributed by atoms with van der Waals surface area (Å²) in [6, 6.07) is 19.7. The van der Waals surface area contributed by atoms with E-state index in [0.717, 1.165) is 63.5 Å². The molecule has 2 aliphatic heterocycles. The lowest BCUT2D eigenvalue weighted by atomic mass is 9.60. The highest BCUT2D eigenvalue weighted by Crippen LogP contribution is 2.54. The zero-order chi connectivity index (χ0) is 43.0. The molecule has 1 amide bonds. The highest BCUT2D eigenvalue weighted by Gasteiger charge is 2.50. The van der Waals surface area contributed by atoms with Crippen molar-refractivity contribution in [2.75, 3.05) is 36.4 Å². The van der Waals surface area contributed by atoms with Crippen LogP contribution >= 0.6 is 0 Å². The summed E-state index contributed by atoms with van der Waals surface area (Å²) in [5.74, 6) is 1.13. The molecule has 326 valence electrons. The molecule has 1 spiro atoms. The smallest absolute Gasteiger partial charge is 0.270 e. The topological polar surface area (TPSA) is 188 Å². The van der Waals surface area contributed by atoms with Crippen molar-refractivity contribution >= 4 is 44.2 Å². The number of rotatable bonds is 13. The molecule has 5 N–H and O–H groups in total. The lowest BCUT2D eigenvalue weighted by Crippen LogP contribution is -2.55. The van der Waals surface area contributed by atoms with E-state index in [0.29, 0.717) is 58.8 Å². The maximum Gasteiger partial charge on any atom is 0.270 e. The molecule has 2 aromatic carbocycles. The maximum atomic E-state index is 13.9. The number of fused-ring (bicyclic) bond motifs is 1. The molecule has 0 bridgehead atoms. The molecule has 3 aromatic heterocycles. The third-order valence-corrected chi connectivity index (χ3v) is 15.3. The summed E-state index contributed by atoms with van der Waals surface area (Å²) in [7, 11) is -4.44. The predicted molar refractivity (Wildman–Crippen MR) is 241 cm³/mol. The van der Waals surface area contributed by atoms with Gasteiger partial charge in [0.2, 0.25) is 0 Å². The monoisotopic (exact) mass is 859 g/mol. The molecule has 9 rings (SSSR count). The standard InChI is InChI=1S/C47H57N9O5S/c1-30(2)37-6-3-4-7-38(37)42-8-5-19-56(42)34-25-47(26-34)16-20-55(21-17-47)44-24-43(61-35-22-32-15-18-49-45(32)52-28-35)39(29-51-44)46(57)54-62(59,60)36-13-14-40(41(23-36)53-58)50-27-31-9-11-33(48)12-10-31/h3-4,6-7,13-15,18,22-24,28-31,33-34,42,50H,5,8-12,16-17,19-21,25-27,48H2,1-2H3,(H,49,52)(H,54,57). The Balaban J connectivity index is 0.891. The number of benzene rings is 2. The highest BCUT2D eigenvalue weighted by molar-refractivity contribution is 7.90. The first kappa shape index (κ1) is 41.9. The van der Waals surface area contributed by atoms with E-state index in [-0.39, 0.29) is 27.9 Å². The Hall–Kier alpha value is -5.38. The second kappa shape index (κ2) is 17.4. The van der Waals surface area contributed by atoms with Crippen LogP contribution in [0.2, 0.25) is 0 Å². The summed E-state index contributed by atoms with van der Waals surface area (Å²) in [5, 5.41) is 7.16. The van der Waals surface area contributed by atoms with Crippen LogP contribution < -0.4 is 25.4 Å². The van der Waals surface area contributed by atoms with Crippen LogP contribution in [-0.2, 0) is 10.0 Å². The molecule has 4 aliphatic rings. The number of hydrogen-bond acceptors (Lipinski definition) is 12. The first-order valence-corrected chi connectivity index (χ1v) is 23.7. The number of carbonyl (C=O) groups excluding carboxylic acids is 1. The molecule has 5 aromatic rings. The van der Waals surface area contributed by atoms with Gasteiger partial charge in [0.05, 0.1) is 16.8 Å². The van der Waals surface area contributed by atoms with Crippen LogP contribution in [0.4, 0.5) is 17.2 Å². The van der Waals surface area contributed by atoms with Gasteiger partial charge in [-0.15, -0.1) is 4.91 Å². The van der Waals surface area contributed by atoms with E-state index in [1.807, 2.05) is 6.07 Å². The lowest BCUT2D eigenvalue weighted by Gasteiger charge is -2.56. The first-order chi connectivity index (χ1) is 30.0. The zero-order valence-electron chi connectivity index (χ0n) is 35.6. The number of nitrogens with zero attached hydrogens (tertiary/aromatic N) is 5. The molecule has 2 saturated carbocycles. The molecule has 62 heavy (non-hydrogen) atoms. The number of nitroso groups, excluding NO2 is 1. The second-order valence-corrected chi connectivity index (χ2v) is 20.0. The minimum absolute atomic E-state index is 0.0658. The Kier molecular flexibility index (Phi) is 11.8. The lowest BCUT2D eigenvalue weighted by molar-refractivity contribution is -0.0228. The summed E-state index contributed by atoms with van der Waals surface area (Å²) in [5.41, 5.74) is 10.3. The van der Waals surface area contributed by atoms with E-state index in [9.17, 15) is 18.1 Å². The second-order valence-electron chi connectivity index (χ2n) is 18.3. The van der Waals surface area contributed by atoms with Crippen molar-refractivity contribution in [2.45, 2.75) is 107 Å². The van der Waals surface area contributed by atoms with E-state index in [4.69, 9.17) is 15.5 Å². The Bertz CT molecular complexity index is 2540. The summed E-state index contributed by atoms with van der Waals surface area (Å²) in [4.78, 5) is 42.7. The molecular weight excluding hydrogens is 803 g/mol. The average Bonchev–Trinajstić information content (AvgIpc) is 3.95. The van der Waals surface area contributed by atoms with Gasteiger partial charge in [-0.3, -0.25) is 9.69 Å². The Labute approximate surface area is 363 Å². The molecule has 1 unspecified atom stereocenters. The summed E-state index contributed by atoms with van der Waals surface area (Å²) >= 11 is 0. The number of anilines is 2. The number of aromatic nitrogens is 3. The Morgan fingerprint density at radius 1 is 0.984 bits per heavy atom. The van der Waals surface area contributed by atoms with Crippen LogP contribution in [0, 0.1) is 16.2 Å². The van der Waals surface area contributed by atoms with Crippen molar-refractivity contribution in [3.63, 3.8) is 0 Å². The maximum absolute atomic E-state index is 13.9. The number of nitrogens with one attached hydrogen (secondary N) is 3. The van der Waals surface area contributed by atoms with Crippen LogP contribution in [0.5, 0.6) is 11.5 Å². The molecule has 1 atom stereocenters. The number of ether oxygens (including phenoxy) is 1. The van der Waals surface area contributed by atoms with Gasteiger partial charge in [0.15, 0.2) is 0 Å². The molecule has 0 radical (unpaired) electrons. The Morgan fingerprint density at radius 3 is 2.55 bits per heavy atom. The number of pyridine rings is 2. The third kappa shape index (κ3) is 8.67. The molecular formula is C47H57N9O5S. The summed E-state index contributed by atoms with van der Waals surface area (Å²) < 4.78 is 35.8. The van der Waals surface area contributed by atoms with Gasteiger partial charge in [0.25, 0.3) is 15.9 Å². The van der Waals surface area contributed by atoms with Gasteiger partial charge >= 0.3 is 0 Å².